The zero-order chi connectivity index (χ0) is 19.1. The number of nitrogens with one attached hydrogen (secondary N) is 1. The standard InChI is InChI=1S/C21H22FN3O2/c1-2-13-27-15-17-8-4-3-7-16(17)14-23-21(26)19-11-12-25(24-19)20-10-6-5-9-18(20)22/h3-12H,2,13-15H2,1H3,(H,23,26). The highest BCUT2D eigenvalue weighted by Crippen LogP contribution is 2.13. The summed E-state index contributed by atoms with van der Waals surface area (Å²) >= 11 is 0. The van der Waals surface area contributed by atoms with Gasteiger partial charge in [-0.1, -0.05) is 43.3 Å². The van der Waals surface area contributed by atoms with Crippen molar-refractivity contribution in [1.29, 1.82) is 0 Å². The lowest BCUT2D eigenvalue weighted by atomic mass is 10.1. The molecule has 0 saturated carbocycles. The third kappa shape index (κ3) is 4.80. The monoisotopic (exact) mass is 367 g/mol. The SMILES string of the molecule is CCCOCc1ccccc1CNC(=O)c1ccn(-c2ccccc2F)n1. The van der Waals surface area contributed by atoms with Gasteiger partial charge in [0.2, 0.25) is 0 Å². The van der Waals surface area contributed by atoms with Crippen LogP contribution in [0.25, 0.3) is 5.69 Å². The number of nitrogens with zero attached hydrogens (tertiary/aromatic N) is 2. The Kier molecular flexibility index (Phi) is 6.33. The van der Waals surface area contributed by atoms with Gasteiger partial charge in [-0.05, 0) is 35.7 Å². The van der Waals surface area contributed by atoms with Crippen LogP contribution in [0.15, 0.2) is 60.8 Å². The Morgan fingerprint density at radius 2 is 1.85 bits per heavy atom. The third-order valence-electron chi connectivity index (χ3n) is 4.08. The summed E-state index contributed by atoms with van der Waals surface area (Å²) in [5, 5.41) is 7.04. The molecule has 0 atom stereocenters. The van der Waals surface area contributed by atoms with Crippen LogP contribution in [0, 0.1) is 5.82 Å². The van der Waals surface area contributed by atoms with Crippen LogP contribution in [-0.2, 0) is 17.9 Å². The molecule has 0 bridgehead atoms. The smallest absolute Gasteiger partial charge is 0.272 e. The Morgan fingerprint density at radius 3 is 2.63 bits per heavy atom. The number of aromatic nitrogens is 2. The first-order chi connectivity index (χ1) is 13.2. The average Bonchev–Trinajstić information content (AvgIpc) is 3.17. The third-order valence-corrected chi connectivity index (χ3v) is 4.08. The molecule has 140 valence electrons. The van der Waals surface area contributed by atoms with E-state index in [0.29, 0.717) is 25.4 Å². The molecular formula is C21H22FN3O2. The van der Waals surface area contributed by atoms with E-state index in [1.54, 1.807) is 30.5 Å². The minimum Gasteiger partial charge on any atom is -0.377 e. The van der Waals surface area contributed by atoms with E-state index in [4.69, 9.17) is 4.74 Å². The summed E-state index contributed by atoms with van der Waals surface area (Å²) in [4.78, 5) is 12.4. The van der Waals surface area contributed by atoms with Crippen LogP contribution in [0.3, 0.4) is 0 Å². The molecule has 0 aliphatic carbocycles. The Balaban J connectivity index is 1.65. The minimum absolute atomic E-state index is 0.234. The van der Waals surface area contributed by atoms with Gasteiger partial charge in [0.15, 0.2) is 5.69 Å². The molecule has 3 rings (SSSR count). The number of carbonyl (C=O) groups excluding carboxylic acids is 1. The summed E-state index contributed by atoms with van der Waals surface area (Å²) in [6.07, 6.45) is 2.53. The number of amides is 1. The molecule has 0 saturated heterocycles. The fraction of sp³-hybridized carbons (Fsp3) is 0.238. The van der Waals surface area contributed by atoms with Gasteiger partial charge in [0.25, 0.3) is 5.91 Å². The molecule has 1 heterocycles. The summed E-state index contributed by atoms with van der Waals surface area (Å²) in [6, 6.07) is 15.7. The van der Waals surface area contributed by atoms with E-state index in [0.717, 1.165) is 17.5 Å². The number of carbonyl (C=O) groups is 1. The van der Waals surface area contributed by atoms with Crippen LogP contribution in [0.2, 0.25) is 0 Å². The second kappa shape index (κ2) is 9.09. The zero-order valence-electron chi connectivity index (χ0n) is 15.2. The van der Waals surface area contributed by atoms with Gasteiger partial charge in [-0.25, -0.2) is 9.07 Å². The summed E-state index contributed by atoms with van der Waals surface area (Å²) in [5.74, 6) is -0.706. The number of ether oxygens (including phenoxy) is 1. The molecule has 3 aromatic rings. The van der Waals surface area contributed by atoms with E-state index in [9.17, 15) is 9.18 Å². The zero-order valence-corrected chi connectivity index (χ0v) is 15.2. The van der Waals surface area contributed by atoms with Crippen molar-refractivity contribution >= 4 is 5.91 Å². The molecule has 0 fully saturated rings. The maximum Gasteiger partial charge on any atom is 0.272 e. The van der Waals surface area contributed by atoms with Gasteiger partial charge in [0.1, 0.15) is 11.5 Å². The minimum atomic E-state index is -0.395. The molecule has 5 nitrogen and oxygen atoms in total. The molecule has 0 aliphatic rings. The van der Waals surface area contributed by atoms with Crippen LogP contribution in [0.4, 0.5) is 4.39 Å². The molecule has 0 unspecified atom stereocenters. The largest absolute Gasteiger partial charge is 0.377 e. The number of hydrogen-bond acceptors (Lipinski definition) is 3. The molecule has 27 heavy (non-hydrogen) atoms. The second-order valence-corrected chi connectivity index (χ2v) is 6.10. The maximum absolute atomic E-state index is 13.9. The molecule has 1 amide bonds. The fourth-order valence-electron chi connectivity index (χ4n) is 2.68. The van der Waals surface area contributed by atoms with Gasteiger partial charge in [-0.15, -0.1) is 0 Å². The number of para-hydroxylation sites is 1. The van der Waals surface area contributed by atoms with Crippen molar-refractivity contribution in [2.75, 3.05) is 6.61 Å². The van der Waals surface area contributed by atoms with E-state index >= 15 is 0 Å². The fourth-order valence-corrected chi connectivity index (χ4v) is 2.68. The van der Waals surface area contributed by atoms with Gasteiger partial charge in [0, 0.05) is 19.3 Å². The normalized spacial score (nSPS) is 10.7. The number of hydrogen-bond donors (Lipinski definition) is 1. The van der Waals surface area contributed by atoms with E-state index in [2.05, 4.69) is 17.3 Å². The highest BCUT2D eigenvalue weighted by molar-refractivity contribution is 5.92. The molecule has 6 heteroatoms. The lowest BCUT2D eigenvalue weighted by Gasteiger charge is -2.10. The van der Waals surface area contributed by atoms with Gasteiger partial charge < -0.3 is 10.1 Å². The lowest BCUT2D eigenvalue weighted by molar-refractivity contribution is 0.0944. The predicted molar refractivity (Wildman–Crippen MR) is 101 cm³/mol. The van der Waals surface area contributed by atoms with Crippen LogP contribution in [0.1, 0.15) is 35.0 Å². The van der Waals surface area contributed by atoms with E-state index in [1.165, 1.54) is 10.7 Å². The van der Waals surface area contributed by atoms with Crippen molar-refractivity contribution in [2.24, 2.45) is 0 Å². The van der Waals surface area contributed by atoms with Crippen molar-refractivity contribution < 1.29 is 13.9 Å². The Morgan fingerprint density at radius 1 is 1.11 bits per heavy atom. The van der Waals surface area contributed by atoms with Crippen molar-refractivity contribution in [3.8, 4) is 5.69 Å². The number of benzene rings is 2. The van der Waals surface area contributed by atoms with E-state index in [-0.39, 0.29) is 11.6 Å². The van der Waals surface area contributed by atoms with Crippen LogP contribution in [-0.4, -0.2) is 22.3 Å². The highest BCUT2D eigenvalue weighted by Gasteiger charge is 2.12. The Bertz CT molecular complexity index is 908. The van der Waals surface area contributed by atoms with E-state index < -0.39 is 5.82 Å². The quantitative estimate of drug-likeness (QED) is 0.615. The van der Waals surface area contributed by atoms with Crippen LogP contribution in [0.5, 0.6) is 0 Å². The molecular weight excluding hydrogens is 345 g/mol. The number of rotatable bonds is 8. The van der Waals surface area contributed by atoms with Crippen molar-refractivity contribution in [1.82, 2.24) is 15.1 Å². The van der Waals surface area contributed by atoms with Crippen molar-refractivity contribution in [3.63, 3.8) is 0 Å². The Labute approximate surface area is 157 Å². The average molecular weight is 367 g/mol. The first-order valence-electron chi connectivity index (χ1n) is 8.92. The first-order valence-corrected chi connectivity index (χ1v) is 8.92. The lowest BCUT2D eigenvalue weighted by Crippen LogP contribution is -2.24. The van der Waals surface area contributed by atoms with Gasteiger partial charge in [-0.2, -0.15) is 5.10 Å². The molecule has 0 aliphatic heterocycles. The van der Waals surface area contributed by atoms with Gasteiger partial charge in [0.05, 0.1) is 6.61 Å². The topological polar surface area (TPSA) is 56.1 Å². The van der Waals surface area contributed by atoms with Crippen LogP contribution < -0.4 is 5.32 Å². The molecule has 1 aromatic heterocycles. The second-order valence-electron chi connectivity index (χ2n) is 6.10. The Hall–Kier alpha value is -2.99. The number of halogens is 1. The molecule has 2 aromatic carbocycles. The summed E-state index contributed by atoms with van der Waals surface area (Å²) in [7, 11) is 0. The highest BCUT2D eigenvalue weighted by atomic mass is 19.1. The maximum atomic E-state index is 13.9. The summed E-state index contributed by atoms with van der Waals surface area (Å²) in [5.41, 5.74) is 2.58. The molecule has 0 spiro atoms. The summed E-state index contributed by atoms with van der Waals surface area (Å²) in [6.45, 7) is 3.65. The van der Waals surface area contributed by atoms with Crippen molar-refractivity contribution in [2.45, 2.75) is 26.5 Å². The van der Waals surface area contributed by atoms with E-state index in [1.807, 2.05) is 24.3 Å². The van der Waals surface area contributed by atoms with Gasteiger partial charge in [-0.3, -0.25) is 4.79 Å². The first kappa shape index (κ1) is 18.8. The summed E-state index contributed by atoms with van der Waals surface area (Å²) < 4.78 is 20.8. The van der Waals surface area contributed by atoms with Crippen LogP contribution >= 0.6 is 0 Å². The van der Waals surface area contributed by atoms with Crippen molar-refractivity contribution in [3.05, 3.63) is 83.4 Å². The molecule has 0 radical (unpaired) electrons. The predicted octanol–water partition coefficient (Wildman–Crippen LogP) is 3.87. The van der Waals surface area contributed by atoms with Gasteiger partial charge >= 0.3 is 0 Å². The molecule has 1 N–H and O–H groups in total.